The minimum Gasteiger partial charge on any atom is -0.300 e. The second kappa shape index (κ2) is 4.47. The zero-order valence-electron chi connectivity index (χ0n) is 9.39. The largest absolute Gasteiger partial charge is 0.300 e. The van der Waals surface area contributed by atoms with E-state index in [2.05, 4.69) is 11.8 Å². The van der Waals surface area contributed by atoms with Gasteiger partial charge in [-0.3, -0.25) is 10.1 Å². The first-order valence-electron chi connectivity index (χ1n) is 6.10. The Morgan fingerprint density at radius 2 is 2.20 bits per heavy atom. The zero-order valence-corrected chi connectivity index (χ0v) is 9.39. The third kappa shape index (κ3) is 2.14. The zero-order chi connectivity index (χ0) is 10.8. The van der Waals surface area contributed by atoms with Crippen molar-refractivity contribution in [1.29, 1.82) is 0 Å². The summed E-state index contributed by atoms with van der Waals surface area (Å²) >= 11 is 0. The molecule has 0 aromatic rings. The maximum Gasteiger partial charge on any atom is 0.214 e. The standard InChI is InChI=1S/C11H20N2O2/c1-2-12-7-3-4-9-5-6-10(13(14)15)8-11(9)12/h9-11H,2-8H2,1H3. The van der Waals surface area contributed by atoms with Crippen LogP contribution in [-0.2, 0) is 0 Å². The van der Waals surface area contributed by atoms with Crippen LogP contribution in [0, 0.1) is 16.0 Å². The Morgan fingerprint density at radius 1 is 1.40 bits per heavy atom. The van der Waals surface area contributed by atoms with Crippen molar-refractivity contribution in [2.24, 2.45) is 5.92 Å². The lowest BCUT2D eigenvalue weighted by Gasteiger charge is -2.44. The summed E-state index contributed by atoms with van der Waals surface area (Å²) < 4.78 is 0. The van der Waals surface area contributed by atoms with E-state index >= 15 is 0 Å². The van der Waals surface area contributed by atoms with Gasteiger partial charge in [-0.25, -0.2) is 0 Å². The molecule has 0 bridgehead atoms. The maximum absolute atomic E-state index is 10.8. The molecule has 15 heavy (non-hydrogen) atoms. The molecule has 0 aromatic heterocycles. The van der Waals surface area contributed by atoms with Crippen LogP contribution in [0.5, 0.6) is 0 Å². The molecule has 86 valence electrons. The fourth-order valence-corrected chi connectivity index (χ4v) is 3.28. The number of nitro groups is 1. The van der Waals surface area contributed by atoms with Gasteiger partial charge in [0.15, 0.2) is 0 Å². The van der Waals surface area contributed by atoms with Gasteiger partial charge in [-0.15, -0.1) is 0 Å². The van der Waals surface area contributed by atoms with Crippen molar-refractivity contribution < 1.29 is 4.92 Å². The molecule has 0 radical (unpaired) electrons. The maximum atomic E-state index is 10.8. The van der Waals surface area contributed by atoms with Crippen molar-refractivity contribution in [1.82, 2.24) is 4.90 Å². The molecule has 0 spiro atoms. The normalized spacial score (nSPS) is 37.3. The van der Waals surface area contributed by atoms with E-state index < -0.39 is 0 Å². The van der Waals surface area contributed by atoms with E-state index in [0.29, 0.717) is 6.04 Å². The Balaban J connectivity index is 2.03. The smallest absolute Gasteiger partial charge is 0.214 e. The van der Waals surface area contributed by atoms with Crippen LogP contribution in [0.15, 0.2) is 0 Å². The van der Waals surface area contributed by atoms with Gasteiger partial charge >= 0.3 is 0 Å². The van der Waals surface area contributed by atoms with Crippen molar-refractivity contribution in [3.8, 4) is 0 Å². The average Bonchev–Trinajstić information content (AvgIpc) is 2.27. The minimum absolute atomic E-state index is 0.0708. The summed E-state index contributed by atoms with van der Waals surface area (Å²) in [6, 6.07) is 0.214. The number of hydrogen-bond donors (Lipinski definition) is 0. The van der Waals surface area contributed by atoms with Crippen molar-refractivity contribution in [3.05, 3.63) is 10.1 Å². The average molecular weight is 212 g/mol. The van der Waals surface area contributed by atoms with Gasteiger partial charge < -0.3 is 4.90 Å². The van der Waals surface area contributed by atoms with Crippen molar-refractivity contribution in [2.45, 2.75) is 51.1 Å². The second-order valence-corrected chi connectivity index (χ2v) is 4.85. The number of fused-ring (bicyclic) bond motifs is 1. The number of hydrogen-bond acceptors (Lipinski definition) is 3. The van der Waals surface area contributed by atoms with Gasteiger partial charge in [0.1, 0.15) is 0 Å². The molecule has 0 amide bonds. The molecule has 1 aliphatic carbocycles. The highest BCUT2D eigenvalue weighted by Gasteiger charge is 2.40. The predicted molar refractivity (Wildman–Crippen MR) is 58.4 cm³/mol. The van der Waals surface area contributed by atoms with Crippen LogP contribution >= 0.6 is 0 Å². The molecule has 2 aliphatic rings. The molecule has 1 saturated carbocycles. The monoisotopic (exact) mass is 212 g/mol. The molecule has 4 heteroatoms. The van der Waals surface area contributed by atoms with E-state index in [4.69, 9.17) is 0 Å². The summed E-state index contributed by atoms with van der Waals surface area (Å²) in [5.41, 5.74) is 0. The summed E-state index contributed by atoms with van der Waals surface area (Å²) in [7, 11) is 0. The van der Waals surface area contributed by atoms with Gasteiger partial charge in [0.05, 0.1) is 0 Å². The molecule has 0 aromatic carbocycles. The number of likely N-dealkylation sites (tertiary alicyclic amines) is 1. The molecule has 3 unspecified atom stereocenters. The molecule has 1 aliphatic heterocycles. The van der Waals surface area contributed by atoms with Crippen LogP contribution in [0.1, 0.15) is 39.0 Å². The van der Waals surface area contributed by atoms with Crippen molar-refractivity contribution in [2.75, 3.05) is 13.1 Å². The molecule has 3 atom stereocenters. The molecule has 4 nitrogen and oxygen atoms in total. The molecular weight excluding hydrogens is 192 g/mol. The predicted octanol–water partition coefficient (Wildman–Crippen LogP) is 1.92. The van der Waals surface area contributed by atoms with E-state index in [-0.39, 0.29) is 11.0 Å². The third-order valence-corrected chi connectivity index (χ3v) is 4.12. The lowest BCUT2D eigenvalue weighted by Crippen LogP contribution is -2.50. The summed E-state index contributed by atoms with van der Waals surface area (Å²) in [4.78, 5) is 13.2. The van der Waals surface area contributed by atoms with Crippen molar-refractivity contribution >= 4 is 0 Å². The molecule has 0 N–H and O–H groups in total. The second-order valence-electron chi connectivity index (χ2n) is 4.85. The third-order valence-electron chi connectivity index (χ3n) is 4.12. The molecular formula is C11H20N2O2. The van der Waals surface area contributed by atoms with Crippen LogP contribution in [-0.4, -0.2) is 35.0 Å². The van der Waals surface area contributed by atoms with E-state index in [9.17, 15) is 10.1 Å². The lowest BCUT2D eigenvalue weighted by molar-refractivity contribution is -0.528. The first kappa shape index (κ1) is 10.9. The number of piperidine rings is 1. The molecule has 1 saturated heterocycles. The Kier molecular flexibility index (Phi) is 3.24. The Labute approximate surface area is 90.8 Å². The highest BCUT2D eigenvalue weighted by Crippen LogP contribution is 2.35. The Hall–Kier alpha value is -0.640. The summed E-state index contributed by atoms with van der Waals surface area (Å²) in [5, 5.41) is 10.8. The SMILES string of the molecule is CCN1CCCC2CCC([N+](=O)[O-])CC21. The first-order valence-corrected chi connectivity index (χ1v) is 6.10. The lowest BCUT2D eigenvalue weighted by atomic mass is 9.76. The van der Waals surface area contributed by atoms with Gasteiger partial charge in [0.2, 0.25) is 6.04 Å². The minimum atomic E-state index is -0.279. The Morgan fingerprint density at radius 3 is 2.87 bits per heavy atom. The van der Waals surface area contributed by atoms with Crippen LogP contribution in [0.2, 0.25) is 0 Å². The van der Waals surface area contributed by atoms with Crippen LogP contribution in [0.4, 0.5) is 0 Å². The molecule has 1 heterocycles. The highest BCUT2D eigenvalue weighted by atomic mass is 16.6. The molecule has 2 rings (SSSR count). The van der Waals surface area contributed by atoms with Crippen molar-refractivity contribution in [3.63, 3.8) is 0 Å². The topological polar surface area (TPSA) is 46.4 Å². The first-order chi connectivity index (χ1) is 7.22. The van der Waals surface area contributed by atoms with E-state index in [0.717, 1.165) is 38.3 Å². The summed E-state index contributed by atoms with van der Waals surface area (Å²) in [6.07, 6.45) is 5.20. The fraction of sp³-hybridized carbons (Fsp3) is 1.00. The van der Waals surface area contributed by atoms with Gasteiger partial charge in [-0.1, -0.05) is 6.92 Å². The Bertz CT molecular complexity index is 239. The van der Waals surface area contributed by atoms with Crippen LogP contribution in [0.3, 0.4) is 0 Å². The van der Waals surface area contributed by atoms with Crippen LogP contribution in [0.25, 0.3) is 0 Å². The van der Waals surface area contributed by atoms with Gasteiger partial charge in [0.25, 0.3) is 0 Å². The van der Waals surface area contributed by atoms with E-state index in [1.807, 2.05) is 0 Å². The number of nitrogens with zero attached hydrogens (tertiary/aromatic N) is 2. The van der Waals surface area contributed by atoms with E-state index in [1.165, 1.54) is 12.8 Å². The van der Waals surface area contributed by atoms with Gasteiger partial charge in [0, 0.05) is 23.8 Å². The number of rotatable bonds is 2. The highest BCUT2D eigenvalue weighted by molar-refractivity contribution is 4.89. The van der Waals surface area contributed by atoms with Gasteiger partial charge in [-0.2, -0.15) is 0 Å². The van der Waals surface area contributed by atoms with Gasteiger partial charge in [-0.05, 0) is 38.3 Å². The molecule has 2 fully saturated rings. The summed E-state index contributed by atoms with van der Waals surface area (Å²) in [6.45, 7) is 4.35. The quantitative estimate of drug-likeness (QED) is 0.519. The van der Waals surface area contributed by atoms with Crippen LogP contribution < -0.4 is 0 Å². The van der Waals surface area contributed by atoms with E-state index in [1.54, 1.807) is 0 Å². The summed E-state index contributed by atoms with van der Waals surface area (Å²) in [5.74, 6) is 0.731. The fourth-order valence-electron chi connectivity index (χ4n) is 3.28.